The predicted molar refractivity (Wildman–Crippen MR) is 101 cm³/mol. The molecule has 6 nitrogen and oxygen atoms in total. The third kappa shape index (κ3) is 3.31. The minimum absolute atomic E-state index is 0.0440. The second kappa shape index (κ2) is 7.23. The van der Waals surface area contributed by atoms with Crippen LogP contribution in [-0.4, -0.2) is 40.7 Å². The molecule has 2 N–H and O–H groups in total. The quantitative estimate of drug-likeness (QED) is 0.883. The van der Waals surface area contributed by atoms with Gasteiger partial charge in [-0.3, -0.25) is 0 Å². The fourth-order valence-corrected chi connectivity index (χ4v) is 3.92. The summed E-state index contributed by atoms with van der Waals surface area (Å²) in [6, 6.07) is 10.9. The summed E-state index contributed by atoms with van der Waals surface area (Å²) in [5.41, 5.74) is 1.83. The monoisotopic (exact) mass is 352 g/mol. The van der Waals surface area contributed by atoms with Crippen LogP contribution in [-0.2, 0) is 0 Å². The number of phenols is 1. The Hall–Kier alpha value is -2.76. The number of amides is 2. The van der Waals surface area contributed by atoms with Gasteiger partial charge in [0.25, 0.3) is 0 Å². The van der Waals surface area contributed by atoms with Gasteiger partial charge in [-0.25, -0.2) is 9.78 Å². The van der Waals surface area contributed by atoms with E-state index in [9.17, 15) is 9.90 Å². The minimum atomic E-state index is -0.0889. The van der Waals surface area contributed by atoms with E-state index < -0.39 is 0 Å². The van der Waals surface area contributed by atoms with Gasteiger partial charge in [-0.1, -0.05) is 12.1 Å². The van der Waals surface area contributed by atoms with E-state index in [1.165, 1.54) is 12.8 Å². The number of hydrogen-bond acceptors (Lipinski definition) is 4. The predicted octanol–water partition coefficient (Wildman–Crippen LogP) is 3.76. The van der Waals surface area contributed by atoms with Crippen LogP contribution in [0.4, 0.5) is 16.3 Å². The van der Waals surface area contributed by atoms with Crippen LogP contribution in [0.15, 0.2) is 42.6 Å². The van der Waals surface area contributed by atoms with Gasteiger partial charge < -0.3 is 20.2 Å². The maximum absolute atomic E-state index is 13.0. The molecule has 3 heterocycles. The van der Waals surface area contributed by atoms with Gasteiger partial charge in [0.15, 0.2) is 5.82 Å². The number of carbonyl (C=O) groups is 1. The van der Waals surface area contributed by atoms with Crippen molar-refractivity contribution in [2.75, 3.05) is 29.9 Å². The number of urea groups is 1. The standard InChI is InChI=1S/C20H24N4O2/c25-16-9-7-15(8-10-16)18-6-4-14-24(18)20(26)22-17-5-3-11-21-19(17)23-12-1-2-13-23/h3,5,7-11,18,25H,1-2,4,6,12-14H2,(H,22,26)/t18-/m1/s1. The number of anilines is 2. The number of nitrogens with zero attached hydrogens (tertiary/aromatic N) is 3. The SMILES string of the molecule is O=C(Nc1cccnc1N1CCCC1)N1CCC[C@@H]1c1ccc(O)cc1. The third-order valence-electron chi connectivity index (χ3n) is 5.23. The van der Waals surface area contributed by atoms with Crippen LogP contribution >= 0.6 is 0 Å². The van der Waals surface area contributed by atoms with E-state index in [0.717, 1.165) is 49.5 Å². The van der Waals surface area contributed by atoms with Crippen LogP contribution in [0.25, 0.3) is 0 Å². The van der Waals surface area contributed by atoms with Crippen LogP contribution in [0.5, 0.6) is 5.75 Å². The summed E-state index contributed by atoms with van der Waals surface area (Å²) in [7, 11) is 0. The molecule has 1 atom stereocenters. The number of nitrogens with one attached hydrogen (secondary N) is 1. The number of likely N-dealkylation sites (tertiary alicyclic amines) is 1. The molecule has 4 rings (SSSR count). The highest BCUT2D eigenvalue weighted by molar-refractivity contribution is 5.93. The molecule has 2 aromatic rings. The Morgan fingerprint density at radius 3 is 2.62 bits per heavy atom. The number of benzene rings is 1. The Morgan fingerprint density at radius 2 is 1.85 bits per heavy atom. The van der Waals surface area contributed by atoms with Crippen molar-refractivity contribution in [3.8, 4) is 5.75 Å². The zero-order chi connectivity index (χ0) is 17.9. The summed E-state index contributed by atoms with van der Waals surface area (Å²) in [6.07, 6.45) is 6.02. The molecule has 0 aliphatic carbocycles. The summed E-state index contributed by atoms with van der Waals surface area (Å²) < 4.78 is 0. The highest BCUT2D eigenvalue weighted by Crippen LogP contribution is 2.34. The molecule has 2 aliphatic rings. The van der Waals surface area contributed by atoms with E-state index in [1.807, 2.05) is 29.2 Å². The zero-order valence-electron chi connectivity index (χ0n) is 14.8. The van der Waals surface area contributed by atoms with Crippen molar-refractivity contribution in [1.82, 2.24) is 9.88 Å². The Labute approximate surface area is 153 Å². The van der Waals surface area contributed by atoms with E-state index in [1.54, 1.807) is 18.3 Å². The molecule has 6 heteroatoms. The van der Waals surface area contributed by atoms with Gasteiger partial charge in [0.2, 0.25) is 0 Å². The number of aromatic hydroxyl groups is 1. The van der Waals surface area contributed by atoms with Crippen molar-refractivity contribution in [1.29, 1.82) is 0 Å². The Balaban J connectivity index is 1.52. The maximum Gasteiger partial charge on any atom is 0.322 e. The molecule has 2 fully saturated rings. The van der Waals surface area contributed by atoms with E-state index >= 15 is 0 Å². The number of carbonyl (C=O) groups excluding carboxylic acids is 1. The third-order valence-corrected chi connectivity index (χ3v) is 5.23. The Bertz CT molecular complexity index is 772. The largest absolute Gasteiger partial charge is 0.508 e. The number of aromatic nitrogens is 1. The molecule has 2 saturated heterocycles. The van der Waals surface area contributed by atoms with Crippen LogP contribution in [0.1, 0.15) is 37.3 Å². The first-order valence-electron chi connectivity index (χ1n) is 9.29. The van der Waals surface area contributed by atoms with E-state index in [2.05, 4.69) is 15.2 Å². The second-order valence-corrected chi connectivity index (χ2v) is 6.94. The van der Waals surface area contributed by atoms with Crippen molar-refractivity contribution in [3.63, 3.8) is 0 Å². The summed E-state index contributed by atoms with van der Waals surface area (Å²) in [5.74, 6) is 1.10. The lowest BCUT2D eigenvalue weighted by molar-refractivity contribution is 0.207. The second-order valence-electron chi connectivity index (χ2n) is 6.94. The smallest absolute Gasteiger partial charge is 0.322 e. The fraction of sp³-hybridized carbons (Fsp3) is 0.400. The lowest BCUT2D eigenvalue weighted by atomic mass is 10.0. The number of pyridine rings is 1. The molecule has 2 aliphatic heterocycles. The van der Waals surface area contributed by atoms with Crippen LogP contribution in [0.2, 0.25) is 0 Å². The van der Waals surface area contributed by atoms with Crippen molar-refractivity contribution in [2.45, 2.75) is 31.7 Å². The lowest BCUT2D eigenvalue weighted by Gasteiger charge is -2.27. The van der Waals surface area contributed by atoms with Crippen molar-refractivity contribution in [2.24, 2.45) is 0 Å². The van der Waals surface area contributed by atoms with E-state index in [0.29, 0.717) is 0 Å². The summed E-state index contributed by atoms with van der Waals surface area (Å²) in [4.78, 5) is 21.6. The number of phenolic OH excluding ortho intramolecular Hbond substituents is 1. The van der Waals surface area contributed by atoms with Gasteiger partial charge in [-0.05, 0) is 55.5 Å². The highest BCUT2D eigenvalue weighted by Gasteiger charge is 2.30. The lowest BCUT2D eigenvalue weighted by Crippen LogP contribution is -2.35. The summed E-state index contributed by atoms with van der Waals surface area (Å²) >= 11 is 0. The first-order valence-corrected chi connectivity index (χ1v) is 9.29. The van der Waals surface area contributed by atoms with Gasteiger partial charge in [0.1, 0.15) is 5.75 Å². The molecule has 0 radical (unpaired) electrons. The van der Waals surface area contributed by atoms with Crippen molar-refractivity contribution in [3.05, 3.63) is 48.2 Å². The molecule has 1 aromatic heterocycles. The zero-order valence-corrected chi connectivity index (χ0v) is 14.8. The van der Waals surface area contributed by atoms with E-state index in [4.69, 9.17) is 0 Å². The van der Waals surface area contributed by atoms with Crippen LogP contribution < -0.4 is 10.2 Å². The van der Waals surface area contributed by atoms with Crippen molar-refractivity contribution >= 4 is 17.5 Å². The van der Waals surface area contributed by atoms with Gasteiger partial charge in [-0.15, -0.1) is 0 Å². The van der Waals surface area contributed by atoms with Crippen LogP contribution in [0, 0.1) is 0 Å². The fourth-order valence-electron chi connectivity index (χ4n) is 3.92. The molecule has 26 heavy (non-hydrogen) atoms. The molecular formula is C20H24N4O2. The highest BCUT2D eigenvalue weighted by atomic mass is 16.3. The molecule has 2 amide bonds. The van der Waals surface area contributed by atoms with Crippen molar-refractivity contribution < 1.29 is 9.90 Å². The Kier molecular flexibility index (Phi) is 4.65. The molecule has 0 spiro atoms. The summed E-state index contributed by atoms with van der Waals surface area (Å²) in [6.45, 7) is 2.70. The maximum atomic E-state index is 13.0. The molecular weight excluding hydrogens is 328 g/mol. The summed E-state index contributed by atoms with van der Waals surface area (Å²) in [5, 5.41) is 12.6. The Morgan fingerprint density at radius 1 is 1.08 bits per heavy atom. The minimum Gasteiger partial charge on any atom is -0.508 e. The van der Waals surface area contributed by atoms with Gasteiger partial charge in [-0.2, -0.15) is 0 Å². The van der Waals surface area contributed by atoms with Crippen LogP contribution in [0.3, 0.4) is 0 Å². The molecule has 0 saturated carbocycles. The first-order chi connectivity index (χ1) is 12.7. The topological polar surface area (TPSA) is 68.7 Å². The first kappa shape index (κ1) is 16.7. The molecule has 0 unspecified atom stereocenters. The molecule has 0 bridgehead atoms. The van der Waals surface area contributed by atoms with E-state index in [-0.39, 0.29) is 17.8 Å². The number of hydrogen-bond donors (Lipinski definition) is 2. The number of rotatable bonds is 3. The molecule has 136 valence electrons. The average molecular weight is 352 g/mol. The molecule has 1 aromatic carbocycles. The average Bonchev–Trinajstić information content (AvgIpc) is 3.35. The van der Waals surface area contributed by atoms with Gasteiger partial charge >= 0.3 is 6.03 Å². The van der Waals surface area contributed by atoms with Gasteiger partial charge in [0, 0.05) is 25.8 Å². The normalized spacial score (nSPS) is 19.8. The van der Waals surface area contributed by atoms with Gasteiger partial charge in [0.05, 0.1) is 11.7 Å².